The van der Waals surface area contributed by atoms with E-state index in [1.165, 1.54) is 0 Å². The van der Waals surface area contributed by atoms with Crippen LogP contribution in [0.3, 0.4) is 0 Å². The first kappa shape index (κ1) is 11.3. The van der Waals surface area contributed by atoms with Crippen molar-refractivity contribution in [1.82, 2.24) is 10.2 Å². The first-order valence-electron chi connectivity index (χ1n) is 4.92. The molecule has 1 aliphatic heterocycles. The van der Waals surface area contributed by atoms with E-state index in [0.29, 0.717) is 12.1 Å². The summed E-state index contributed by atoms with van der Waals surface area (Å²) in [4.78, 5) is 2.24. The van der Waals surface area contributed by atoms with E-state index in [1.54, 1.807) is 0 Å². The number of thiocarbonyl (C=S) groups is 1. The summed E-state index contributed by atoms with van der Waals surface area (Å²) >= 11 is 9.39. The molecule has 1 heterocycles. The zero-order chi connectivity index (χ0) is 9.84. The van der Waals surface area contributed by atoms with Crippen LogP contribution in [0.2, 0.25) is 0 Å². The van der Waals surface area contributed by atoms with E-state index < -0.39 is 0 Å². The Balaban J connectivity index is 2.57. The van der Waals surface area contributed by atoms with Gasteiger partial charge in [0.1, 0.15) is 4.32 Å². The van der Waals surface area contributed by atoms with Gasteiger partial charge in [-0.2, -0.15) is 0 Å². The van der Waals surface area contributed by atoms with Gasteiger partial charge in [0.05, 0.1) is 0 Å². The van der Waals surface area contributed by atoms with Crippen LogP contribution in [0, 0.1) is 0 Å². The van der Waals surface area contributed by atoms with Gasteiger partial charge in [-0.3, -0.25) is 0 Å². The molecule has 0 spiro atoms. The van der Waals surface area contributed by atoms with Crippen molar-refractivity contribution in [2.75, 3.05) is 13.1 Å². The predicted octanol–water partition coefficient (Wildman–Crippen LogP) is 1.66. The quantitative estimate of drug-likeness (QED) is 0.542. The van der Waals surface area contributed by atoms with Gasteiger partial charge >= 0.3 is 0 Å². The number of nitrogens with one attached hydrogen (secondary N) is 1. The van der Waals surface area contributed by atoms with Crippen molar-refractivity contribution in [3.63, 3.8) is 0 Å². The van der Waals surface area contributed by atoms with E-state index in [1.807, 2.05) is 0 Å². The highest BCUT2D eigenvalue weighted by atomic mass is 32.1. The third kappa shape index (κ3) is 2.82. The van der Waals surface area contributed by atoms with Crippen LogP contribution >= 0.6 is 24.8 Å². The zero-order valence-corrected chi connectivity index (χ0v) is 10.00. The lowest BCUT2D eigenvalue weighted by atomic mass is 10.1. The van der Waals surface area contributed by atoms with Crippen LogP contribution in [0.1, 0.15) is 26.7 Å². The van der Waals surface area contributed by atoms with Crippen LogP contribution in [0.25, 0.3) is 0 Å². The lowest BCUT2D eigenvalue weighted by Crippen LogP contribution is -2.56. The SMILES string of the molecule is CC[C@@H]1CN(C(=S)S)[C@@H](CC)CN1. The molecule has 1 saturated heterocycles. The summed E-state index contributed by atoms with van der Waals surface area (Å²) < 4.78 is 0.742. The largest absolute Gasteiger partial charge is 0.352 e. The lowest BCUT2D eigenvalue weighted by molar-refractivity contribution is 0.212. The number of piperazine rings is 1. The third-order valence-corrected chi connectivity index (χ3v) is 3.20. The molecule has 0 aromatic heterocycles. The Kier molecular flexibility index (Phi) is 4.49. The Hall–Kier alpha value is 0.200. The molecule has 0 radical (unpaired) electrons. The molecule has 0 aromatic rings. The van der Waals surface area contributed by atoms with E-state index in [9.17, 15) is 0 Å². The second kappa shape index (κ2) is 5.17. The maximum absolute atomic E-state index is 5.12. The topological polar surface area (TPSA) is 15.3 Å². The zero-order valence-electron chi connectivity index (χ0n) is 8.29. The Morgan fingerprint density at radius 2 is 2.23 bits per heavy atom. The normalized spacial score (nSPS) is 29.0. The Labute approximate surface area is 91.5 Å². The molecule has 0 saturated carbocycles. The predicted molar refractivity (Wildman–Crippen MR) is 64.5 cm³/mol. The number of nitrogens with zero attached hydrogens (tertiary/aromatic N) is 1. The van der Waals surface area contributed by atoms with Gasteiger partial charge in [0.2, 0.25) is 0 Å². The van der Waals surface area contributed by atoms with Crippen LogP contribution in [0.15, 0.2) is 0 Å². The van der Waals surface area contributed by atoms with Crippen molar-refractivity contribution in [2.45, 2.75) is 38.8 Å². The van der Waals surface area contributed by atoms with Crippen molar-refractivity contribution in [3.8, 4) is 0 Å². The molecule has 0 aromatic carbocycles. The van der Waals surface area contributed by atoms with E-state index in [0.717, 1.165) is 30.3 Å². The van der Waals surface area contributed by atoms with Gasteiger partial charge < -0.3 is 10.2 Å². The van der Waals surface area contributed by atoms with Crippen LogP contribution in [0.4, 0.5) is 0 Å². The van der Waals surface area contributed by atoms with Crippen LogP contribution in [0.5, 0.6) is 0 Å². The van der Waals surface area contributed by atoms with E-state index in [4.69, 9.17) is 12.2 Å². The van der Waals surface area contributed by atoms with Crippen molar-refractivity contribution < 1.29 is 0 Å². The van der Waals surface area contributed by atoms with Crippen LogP contribution < -0.4 is 5.32 Å². The van der Waals surface area contributed by atoms with Crippen molar-refractivity contribution in [1.29, 1.82) is 0 Å². The maximum Gasteiger partial charge on any atom is 0.133 e. The smallest absolute Gasteiger partial charge is 0.133 e. The van der Waals surface area contributed by atoms with Gasteiger partial charge in [-0.15, -0.1) is 12.6 Å². The minimum atomic E-state index is 0.535. The summed E-state index contributed by atoms with van der Waals surface area (Å²) in [6, 6.07) is 1.11. The average Bonchev–Trinajstić information content (AvgIpc) is 2.16. The van der Waals surface area contributed by atoms with Crippen molar-refractivity contribution in [2.24, 2.45) is 0 Å². The Bertz CT molecular complexity index is 184. The minimum absolute atomic E-state index is 0.535. The highest BCUT2D eigenvalue weighted by Crippen LogP contribution is 2.14. The Morgan fingerprint density at radius 1 is 1.54 bits per heavy atom. The highest BCUT2D eigenvalue weighted by Gasteiger charge is 2.25. The molecule has 13 heavy (non-hydrogen) atoms. The fourth-order valence-electron chi connectivity index (χ4n) is 1.74. The second-order valence-electron chi connectivity index (χ2n) is 3.51. The molecule has 1 rings (SSSR count). The van der Waals surface area contributed by atoms with E-state index in [2.05, 4.69) is 36.7 Å². The summed E-state index contributed by atoms with van der Waals surface area (Å²) in [6.07, 6.45) is 2.29. The first-order valence-corrected chi connectivity index (χ1v) is 5.77. The molecular weight excluding hydrogens is 200 g/mol. The lowest BCUT2D eigenvalue weighted by Gasteiger charge is -2.40. The van der Waals surface area contributed by atoms with Crippen molar-refractivity contribution in [3.05, 3.63) is 0 Å². The minimum Gasteiger partial charge on any atom is -0.352 e. The van der Waals surface area contributed by atoms with E-state index in [-0.39, 0.29) is 0 Å². The molecule has 1 fully saturated rings. The molecule has 0 bridgehead atoms. The highest BCUT2D eigenvalue weighted by molar-refractivity contribution is 8.10. The molecule has 0 unspecified atom stereocenters. The maximum atomic E-state index is 5.12. The van der Waals surface area contributed by atoms with Gasteiger partial charge in [0.15, 0.2) is 0 Å². The molecular formula is C9H18N2S2. The molecule has 0 amide bonds. The number of thiol groups is 1. The first-order chi connectivity index (χ1) is 6.19. The molecule has 2 atom stereocenters. The molecule has 4 heteroatoms. The van der Waals surface area contributed by atoms with E-state index >= 15 is 0 Å². The summed E-state index contributed by atoms with van der Waals surface area (Å²) in [5, 5.41) is 3.52. The summed E-state index contributed by atoms with van der Waals surface area (Å²) in [7, 11) is 0. The Morgan fingerprint density at radius 3 is 2.69 bits per heavy atom. The van der Waals surface area contributed by atoms with Crippen molar-refractivity contribution >= 4 is 29.2 Å². The standard InChI is InChI=1S/C9H18N2S2/c1-3-7-6-11(9(12)13)8(4-2)5-10-7/h7-8,10H,3-6H2,1-2H3,(H,12,13)/t7-,8+/m1/s1. The number of rotatable bonds is 2. The van der Waals surface area contributed by atoms with Gasteiger partial charge in [-0.1, -0.05) is 26.1 Å². The monoisotopic (exact) mass is 218 g/mol. The number of hydrogen-bond donors (Lipinski definition) is 2. The number of hydrogen-bond acceptors (Lipinski definition) is 2. The summed E-state index contributed by atoms with van der Waals surface area (Å²) in [6.45, 7) is 6.44. The average molecular weight is 218 g/mol. The van der Waals surface area contributed by atoms with Gasteiger partial charge in [-0.25, -0.2) is 0 Å². The van der Waals surface area contributed by atoms with Gasteiger partial charge in [-0.05, 0) is 12.8 Å². The third-order valence-electron chi connectivity index (χ3n) is 2.71. The summed E-state index contributed by atoms with van der Waals surface area (Å²) in [5.74, 6) is 0. The summed E-state index contributed by atoms with van der Waals surface area (Å²) in [5.41, 5.74) is 0. The van der Waals surface area contributed by atoms with Crippen LogP contribution in [-0.2, 0) is 0 Å². The van der Waals surface area contributed by atoms with Gasteiger partial charge in [0, 0.05) is 25.2 Å². The fraction of sp³-hybridized carbons (Fsp3) is 0.889. The fourth-order valence-corrected chi connectivity index (χ4v) is 2.20. The molecule has 1 N–H and O–H groups in total. The molecule has 1 aliphatic rings. The molecule has 0 aliphatic carbocycles. The van der Waals surface area contributed by atoms with Gasteiger partial charge in [0.25, 0.3) is 0 Å². The molecule has 76 valence electrons. The second-order valence-corrected chi connectivity index (χ2v) is 4.62. The van der Waals surface area contributed by atoms with Crippen LogP contribution in [-0.4, -0.2) is 34.4 Å². The molecule has 2 nitrogen and oxygen atoms in total.